The summed E-state index contributed by atoms with van der Waals surface area (Å²) < 4.78 is 2.07. The average Bonchev–Trinajstić information content (AvgIpc) is 3.28. The second kappa shape index (κ2) is 5.83. The second-order valence-electron chi connectivity index (χ2n) is 6.74. The standard InChI is InChI=1S/C17H23N5O/c1-21-15(20-14-7-4-9-18-16(14)21)12-8-10-22(11-12)17(23)19-13-5-2-3-6-13/h4,7,9,12-13H,2-3,5-6,8,10-11H2,1H3,(H,19,23). The number of aryl methyl sites for hydroxylation is 1. The van der Waals surface area contributed by atoms with Gasteiger partial charge < -0.3 is 14.8 Å². The van der Waals surface area contributed by atoms with E-state index in [4.69, 9.17) is 4.98 Å². The molecule has 4 rings (SSSR count). The maximum absolute atomic E-state index is 12.4. The van der Waals surface area contributed by atoms with Gasteiger partial charge in [-0.25, -0.2) is 14.8 Å². The van der Waals surface area contributed by atoms with Gasteiger partial charge in [-0.3, -0.25) is 0 Å². The minimum absolute atomic E-state index is 0.0938. The highest BCUT2D eigenvalue weighted by Gasteiger charge is 2.31. The van der Waals surface area contributed by atoms with Crippen molar-refractivity contribution in [3.8, 4) is 0 Å². The van der Waals surface area contributed by atoms with Crippen LogP contribution in [0.2, 0.25) is 0 Å². The van der Waals surface area contributed by atoms with E-state index in [0.29, 0.717) is 12.0 Å². The van der Waals surface area contributed by atoms with E-state index in [9.17, 15) is 4.79 Å². The lowest BCUT2D eigenvalue weighted by Gasteiger charge is -2.20. The highest BCUT2D eigenvalue weighted by Crippen LogP contribution is 2.28. The summed E-state index contributed by atoms with van der Waals surface area (Å²) in [5.74, 6) is 1.33. The van der Waals surface area contributed by atoms with E-state index < -0.39 is 0 Å². The van der Waals surface area contributed by atoms with E-state index in [2.05, 4.69) is 14.9 Å². The molecule has 1 atom stereocenters. The fraction of sp³-hybridized carbons (Fsp3) is 0.588. The minimum atomic E-state index is 0.0938. The Hall–Kier alpha value is -2.11. The van der Waals surface area contributed by atoms with Crippen molar-refractivity contribution in [1.29, 1.82) is 0 Å². The molecule has 122 valence electrons. The highest BCUT2D eigenvalue weighted by molar-refractivity contribution is 5.75. The molecule has 2 aromatic heterocycles. The van der Waals surface area contributed by atoms with Crippen molar-refractivity contribution in [1.82, 2.24) is 24.8 Å². The molecule has 6 heteroatoms. The van der Waals surface area contributed by atoms with Crippen LogP contribution >= 0.6 is 0 Å². The van der Waals surface area contributed by atoms with Crippen LogP contribution in [0.25, 0.3) is 11.2 Å². The minimum Gasteiger partial charge on any atom is -0.335 e. The third-order valence-electron chi connectivity index (χ3n) is 5.19. The number of nitrogens with one attached hydrogen (secondary N) is 1. The Bertz CT molecular complexity index is 719. The zero-order valence-corrected chi connectivity index (χ0v) is 13.5. The molecule has 2 aromatic rings. The zero-order valence-electron chi connectivity index (χ0n) is 13.5. The molecule has 3 heterocycles. The predicted octanol–water partition coefficient (Wildman–Crippen LogP) is 2.41. The van der Waals surface area contributed by atoms with Crippen molar-refractivity contribution in [2.24, 2.45) is 7.05 Å². The van der Waals surface area contributed by atoms with Gasteiger partial charge >= 0.3 is 6.03 Å². The number of hydrogen-bond acceptors (Lipinski definition) is 3. The molecular weight excluding hydrogens is 290 g/mol. The molecule has 23 heavy (non-hydrogen) atoms. The maximum Gasteiger partial charge on any atom is 0.317 e. The van der Waals surface area contributed by atoms with Crippen LogP contribution in [-0.4, -0.2) is 44.6 Å². The van der Waals surface area contributed by atoms with Crippen LogP contribution in [0.5, 0.6) is 0 Å². The fourth-order valence-corrected chi connectivity index (χ4v) is 3.90. The van der Waals surface area contributed by atoms with Crippen LogP contribution in [0.15, 0.2) is 18.3 Å². The molecule has 1 N–H and O–H groups in total. The maximum atomic E-state index is 12.4. The number of pyridine rings is 1. The number of rotatable bonds is 2. The molecule has 2 aliphatic rings. The van der Waals surface area contributed by atoms with Crippen molar-refractivity contribution in [3.05, 3.63) is 24.2 Å². The quantitative estimate of drug-likeness (QED) is 0.926. The van der Waals surface area contributed by atoms with E-state index in [-0.39, 0.29) is 6.03 Å². The fourth-order valence-electron chi connectivity index (χ4n) is 3.90. The van der Waals surface area contributed by atoms with E-state index in [1.165, 1.54) is 12.8 Å². The van der Waals surface area contributed by atoms with E-state index in [0.717, 1.165) is 49.3 Å². The van der Waals surface area contributed by atoms with Crippen molar-refractivity contribution >= 4 is 17.2 Å². The number of aromatic nitrogens is 3. The van der Waals surface area contributed by atoms with Crippen LogP contribution in [-0.2, 0) is 7.05 Å². The van der Waals surface area contributed by atoms with Crippen LogP contribution < -0.4 is 5.32 Å². The molecule has 1 aliphatic heterocycles. The first-order valence-corrected chi connectivity index (χ1v) is 8.55. The molecule has 0 bridgehead atoms. The number of hydrogen-bond donors (Lipinski definition) is 1. The Morgan fingerprint density at radius 3 is 2.91 bits per heavy atom. The lowest BCUT2D eigenvalue weighted by atomic mass is 10.1. The van der Waals surface area contributed by atoms with E-state index >= 15 is 0 Å². The summed E-state index contributed by atoms with van der Waals surface area (Å²) in [6.07, 6.45) is 7.48. The Morgan fingerprint density at radius 2 is 2.13 bits per heavy atom. The summed E-state index contributed by atoms with van der Waals surface area (Å²) in [7, 11) is 2.01. The van der Waals surface area contributed by atoms with Crippen LogP contribution in [0.4, 0.5) is 4.79 Å². The molecule has 0 radical (unpaired) electrons. The van der Waals surface area contributed by atoms with Gasteiger partial charge in [-0.1, -0.05) is 12.8 Å². The Morgan fingerprint density at radius 1 is 1.30 bits per heavy atom. The summed E-state index contributed by atoms with van der Waals surface area (Å²) in [6, 6.07) is 4.37. The van der Waals surface area contributed by atoms with Gasteiger partial charge in [0.25, 0.3) is 0 Å². The molecule has 0 spiro atoms. The van der Waals surface area contributed by atoms with Gasteiger partial charge in [0.2, 0.25) is 0 Å². The number of likely N-dealkylation sites (tertiary alicyclic amines) is 1. The topological polar surface area (TPSA) is 63.1 Å². The lowest BCUT2D eigenvalue weighted by molar-refractivity contribution is 0.204. The average molecular weight is 313 g/mol. The zero-order chi connectivity index (χ0) is 15.8. The highest BCUT2D eigenvalue weighted by atomic mass is 16.2. The summed E-state index contributed by atoms with van der Waals surface area (Å²) in [4.78, 5) is 23.5. The van der Waals surface area contributed by atoms with Crippen molar-refractivity contribution in [2.75, 3.05) is 13.1 Å². The lowest BCUT2D eigenvalue weighted by Crippen LogP contribution is -2.42. The van der Waals surface area contributed by atoms with Crippen molar-refractivity contribution < 1.29 is 4.79 Å². The molecule has 1 aliphatic carbocycles. The summed E-state index contributed by atoms with van der Waals surface area (Å²) >= 11 is 0. The number of amides is 2. The smallest absolute Gasteiger partial charge is 0.317 e. The first kappa shape index (κ1) is 14.5. The third kappa shape index (κ3) is 2.66. The number of nitrogens with zero attached hydrogens (tertiary/aromatic N) is 4. The van der Waals surface area contributed by atoms with Crippen molar-refractivity contribution in [3.63, 3.8) is 0 Å². The molecule has 1 saturated carbocycles. The largest absolute Gasteiger partial charge is 0.335 e. The van der Waals surface area contributed by atoms with Crippen LogP contribution in [0, 0.1) is 0 Å². The number of carbonyl (C=O) groups excluding carboxylic acids is 1. The number of imidazole rings is 1. The third-order valence-corrected chi connectivity index (χ3v) is 5.19. The molecular formula is C17H23N5O. The molecule has 1 unspecified atom stereocenters. The SMILES string of the molecule is Cn1c(C2CCN(C(=O)NC3CCCC3)C2)nc2cccnc21. The second-order valence-corrected chi connectivity index (χ2v) is 6.74. The number of fused-ring (bicyclic) bond motifs is 1. The first-order valence-electron chi connectivity index (χ1n) is 8.55. The van der Waals surface area contributed by atoms with Gasteiger partial charge in [0, 0.05) is 38.3 Å². The van der Waals surface area contributed by atoms with Gasteiger partial charge in [-0.05, 0) is 31.4 Å². The molecule has 0 aromatic carbocycles. The monoisotopic (exact) mass is 313 g/mol. The normalized spacial score (nSPS) is 22.1. The summed E-state index contributed by atoms with van der Waals surface area (Å²) in [5, 5.41) is 3.18. The van der Waals surface area contributed by atoms with Gasteiger partial charge in [0.15, 0.2) is 5.65 Å². The van der Waals surface area contributed by atoms with Gasteiger partial charge in [0.05, 0.1) is 0 Å². The molecule has 1 saturated heterocycles. The van der Waals surface area contributed by atoms with E-state index in [1.54, 1.807) is 6.20 Å². The van der Waals surface area contributed by atoms with Gasteiger partial charge in [-0.2, -0.15) is 0 Å². The number of carbonyl (C=O) groups is 1. The molecule has 2 amide bonds. The summed E-state index contributed by atoms with van der Waals surface area (Å²) in [6.45, 7) is 1.55. The molecule has 6 nitrogen and oxygen atoms in total. The van der Waals surface area contributed by atoms with E-state index in [1.807, 2.05) is 24.1 Å². The van der Waals surface area contributed by atoms with Gasteiger partial charge in [0.1, 0.15) is 11.3 Å². The van der Waals surface area contributed by atoms with Crippen LogP contribution in [0.3, 0.4) is 0 Å². The Kier molecular flexibility index (Phi) is 3.67. The first-order chi connectivity index (χ1) is 11.2. The summed E-state index contributed by atoms with van der Waals surface area (Å²) in [5.41, 5.74) is 1.84. The number of urea groups is 1. The van der Waals surface area contributed by atoms with Crippen LogP contribution in [0.1, 0.15) is 43.8 Å². The predicted molar refractivity (Wildman–Crippen MR) is 88.2 cm³/mol. The Labute approximate surface area is 135 Å². The Balaban J connectivity index is 1.46. The van der Waals surface area contributed by atoms with Crippen molar-refractivity contribution in [2.45, 2.75) is 44.1 Å². The van der Waals surface area contributed by atoms with Gasteiger partial charge in [-0.15, -0.1) is 0 Å². The molecule has 2 fully saturated rings.